The standard InChI is InChI=1S/C16H22N2O3/c1-2-14(15(19)18-10-6-7-11-18)17-16(20)21-12-13-8-4-3-5-9-13/h3-5,8-9,14H,2,6-7,10-12H2,1H3,(H,17,20)/t14-/m0/s1. The Bertz CT molecular complexity index is 470. The summed E-state index contributed by atoms with van der Waals surface area (Å²) in [7, 11) is 0. The molecule has 1 fully saturated rings. The van der Waals surface area contributed by atoms with E-state index in [9.17, 15) is 9.59 Å². The Morgan fingerprint density at radius 1 is 1.24 bits per heavy atom. The lowest BCUT2D eigenvalue weighted by Crippen LogP contribution is -2.47. The first-order valence-corrected chi connectivity index (χ1v) is 7.46. The van der Waals surface area contributed by atoms with Crippen molar-refractivity contribution in [3.63, 3.8) is 0 Å². The minimum atomic E-state index is -0.543. The fourth-order valence-electron chi connectivity index (χ4n) is 2.40. The van der Waals surface area contributed by atoms with Crippen LogP contribution in [0.15, 0.2) is 30.3 Å². The second kappa shape index (κ2) is 7.67. The number of amides is 2. The van der Waals surface area contributed by atoms with Crippen LogP contribution in [-0.4, -0.2) is 36.0 Å². The molecule has 0 saturated carbocycles. The van der Waals surface area contributed by atoms with Crippen molar-refractivity contribution in [2.45, 2.75) is 38.8 Å². The number of nitrogens with one attached hydrogen (secondary N) is 1. The van der Waals surface area contributed by atoms with Gasteiger partial charge >= 0.3 is 6.09 Å². The molecule has 1 aromatic carbocycles. The van der Waals surface area contributed by atoms with Gasteiger partial charge in [0.1, 0.15) is 12.6 Å². The number of hydrogen-bond donors (Lipinski definition) is 1. The van der Waals surface area contributed by atoms with Gasteiger partial charge in [-0.1, -0.05) is 37.3 Å². The number of nitrogens with zero attached hydrogens (tertiary/aromatic N) is 1. The van der Waals surface area contributed by atoms with Crippen molar-refractivity contribution >= 4 is 12.0 Å². The van der Waals surface area contributed by atoms with Crippen LogP contribution in [0.25, 0.3) is 0 Å². The van der Waals surface area contributed by atoms with Gasteiger partial charge in [0.2, 0.25) is 5.91 Å². The number of carbonyl (C=O) groups is 2. The van der Waals surface area contributed by atoms with Gasteiger partial charge in [0.25, 0.3) is 0 Å². The highest BCUT2D eigenvalue weighted by atomic mass is 16.5. The molecule has 1 aliphatic rings. The topological polar surface area (TPSA) is 58.6 Å². The minimum absolute atomic E-state index is 0.00772. The van der Waals surface area contributed by atoms with E-state index in [0.29, 0.717) is 6.42 Å². The number of carbonyl (C=O) groups excluding carboxylic acids is 2. The zero-order valence-electron chi connectivity index (χ0n) is 12.4. The summed E-state index contributed by atoms with van der Waals surface area (Å²) in [5, 5.41) is 2.66. The molecule has 1 aliphatic heterocycles. The summed E-state index contributed by atoms with van der Waals surface area (Å²) in [4.78, 5) is 25.9. The molecule has 21 heavy (non-hydrogen) atoms. The molecule has 0 spiro atoms. The molecule has 0 bridgehead atoms. The van der Waals surface area contributed by atoms with Crippen LogP contribution in [0, 0.1) is 0 Å². The molecule has 1 saturated heterocycles. The molecule has 5 nitrogen and oxygen atoms in total. The number of ether oxygens (including phenoxy) is 1. The molecule has 0 aliphatic carbocycles. The molecule has 114 valence electrons. The maximum Gasteiger partial charge on any atom is 0.408 e. The van der Waals surface area contributed by atoms with Gasteiger partial charge in [-0.25, -0.2) is 4.79 Å². The Hall–Kier alpha value is -2.04. The number of rotatable bonds is 5. The third-order valence-corrected chi connectivity index (χ3v) is 3.63. The molecule has 2 amide bonds. The largest absolute Gasteiger partial charge is 0.445 e. The fraction of sp³-hybridized carbons (Fsp3) is 0.500. The van der Waals surface area contributed by atoms with Crippen LogP contribution in [0.2, 0.25) is 0 Å². The van der Waals surface area contributed by atoms with E-state index in [2.05, 4.69) is 5.32 Å². The van der Waals surface area contributed by atoms with Crippen molar-refractivity contribution in [1.29, 1.82) is 0 Å². The average Bonchev–Trinajstić information content (AvgIpc) is 3.05. The van der Waals surface area contributed by atoms with Crippen molar-refractivity contribution in [3.8, 4) is 0 Å². The van der Waals surface area contributed by atoms with Gasteiger partial charge < -0.3 is 15.0 Å². The Labute approximate surface area is 125 Å². The van der Waals surface area contributed by atoms with E-state index in [0.717, 1.165) is 31.5 Å². The van der Waals surface area contributed by atoms with Gasteiger partial charge in [-0.15, -0.1) is 0 Å². The fourth-order valence-corrected chi connectivity index (χ4v) is 2.40. The average molecular weight is 290 g/mol. The van der Waals surface area contributed by atoms with Crippen molar-refractivity contribution in [3.05, 3.63) is 35.9 Å². The summed E-state index contributed by atoms with van der Waals surface area (Å²) in [6.45, 7) is 3.67. The van der Waals surface area contributed by atoms with E-state index < -0.39 is 12.1 Å². The monoisotopic (exact) mass is 290 g/mol. The zero-order chi connectivity index (χ0) is 15.1. The Balaban J connectivity index is 1.80. The van der Waals surface area contributed by atoms with Crippen LogP contribution < -0.4 is 5.32 Å². The first-order chi connectivity index (χ1) is 10.2. The maximum absolute atomic E-state index is 12.2. The smallest absolute Gasteiger partial charge is 0.408 e. The number of hydrogen-bond acceptors (Lipinski definition) is 3. The predicted molar refractivity (Wildman–Crippen MR) is 79.7 cm³/mol. The van der Waals surface area contributed by atoms with Gasteiger partial charge in [-0.05, 0) is 24.8 Å². The molecule has 1 atom stereocenters. The van der Waals surface area contributed by atoms with Gasteiger partial charge in [0, 0.05) is 13.1 Å². The molecule has 5 heteroatoms. The van der Waals surface area contributed by atoms with Gasteiger partial charge in [-0.2, -0.15) is 0 Å². The Morgan fingerprint density at radius 2 is 1.90 bits per heavy atom. The summed E-state index contributed by atoms with van der Waals surface area (Å²) in [5.41, 5.74) is 0.923. The molecule has 1 heterocycles. The van der Waals surface area contributed by atoms with Crippen LogP contribution in [0.3, 0.4) is 0 Å². The van der Waals surface area contributed by atoms with E-state index in [1.807, 2.05) is 42.2 Å². The molecule has 0 aromatic heterocycles. The second-order valence-electron chi connectivity index (χ2n) is 5.20. The molecule has 0 unspecified atom stereocenters. The first-order valence-electron chi connectivity index (χ1n) is 7.46. The number of alkyl carbamates (subject to hydrolysis) is 1. The van der Waals surface area contributed by atoms with Crippen LogP contribution >= 0.6 is 0 Å². The van der Waals surface area contributed by atoms with Crippen LogP contribution in [0.1, 0.15) is 31.7 Å². The summed E-state index contributed by atoms with van der Waals surface area (Å²) >= 11 is 0. The summed E-state index contributed by atoms with van der Waals surface area (Å²) in [6, 6.07) is 8.97. The zero-order valence-corrected chi connectivity index (χ0v) is 12.4. The first kappa shape index (κ1) is 15.4. The summed E-state index contributed by atoms with van der Waals surface area (Å²) in [5.74, 6) is -0.00772. The van der Waals surface area contributed by atoms with E-state index in [4.69, 9.17) is 4.74 Å². The SMILES string of the molecule is CC[C@H](NC(=O)OCc1ccccc1)C(=O)N1CCCC1. The molecule has 2 rings (SSSR count). The molecular weight excluding hydrogens is 268 g/mol. The summed E-state index contributed by atoms with van der Waals surface area (Å²) in [6.07, 6.45) is 2.11. The van der Waals surface area contributed by atoms with Crippen molar-refractivity contribution < 1.29 is 14.3 Å². The highest BCUT2D eigenvalue weighted by molar-refractivity contribution is 5.85. The molecule has 1 aromatic rings. The molecular formula is C16H22N2O3. The Morgan fingerprint density at radius 3 is 2.52 bits per heavy atom. The molecule has 1 N–H and O–H groups in total. The third-order valence-electron chi connectivity index (χ3n) is 3.63. The van der Waals surface area contributed by atoms with E-state index in [1.54, 1.807) is 0 Å². The summed E-state index contributed by atoms with van der Waals surface area (Å²) < 4.78 is 5.15. The normalized spacial score (nSPS) is 15.6. The quantitative estimate of drug-likeness (QED) is 0.905. The van der Waals surface area contributed by atoms with Crippen LogP contribution in [0.5, 0.6) is 0 Å². The van der Waals surface area contributed by atoms with E-state index >= 15 is 0 Å². The lowest BCUT2D eigenvalue weighted by molar-refractivity contribution is -0.132. The van der Waals surface area contributed by atoms with E-state index in [1.165, 1.54) is 0 Å². The lowest BCUT2D eigenvalue weighted by Gasteiger charge is -2.22. The van der Waals surface area contributed by atoms with Crippen LogP contribution in [0.4, 0.5) is 4.79 Å². The number of benzene rings is 1. The third kappa shape index (κ3) is 4.48. The highest BCUT2D eigenvalue weighted by Crippen LogP contribution is 2.10. The van der Waals surface area contributed by atoms with Gasteiger partial charge in [-0.3, -0.25) is 4.79 Å². The highest BCUT2D eigenvalue weighted by Gasteiger charge is 2.26. The van der Waals surface area contributed by atoms with Crippen LogP contribution in [-0.2, 0) is 16.1 Å². The number of likely N-dealkylation sites (tertiary alicyclic amines) is 1. The van der Waals surface area contributed by atoms with E-state index in [-0.39, 0.29) is 12.5 Å². The lowest BCUT2D eigenvalue weighted by atomic mass is 10.2. The maximum atomic E-state index is 12.2. The predicted octanol–water partition coefficient (Wildman–Crippen LogP) is 2.31. The van der Waals surface area contributed by atoms with Gasteiger partial charge in [0.15, 0.2) is 0 Å². The minimum Gasteiger partial charge on any atom is -0.445 e. The molecule has 0 radical (unpaired) electrons. The second-order valence-corrected chi connectivity index (χ2v) is 5.20. The van der Waals surface area contributed by atoms with Crippen molar-refractivity contribution in [2.75, 3.05) is 13.1 Å². The van der Waals surface area contributed by atoms with Crippen molar-refractivity contribution in [1.82, 2.24) is 10.2 Å². The Kier molecular flexibility index (Phi) is 5.60. The van der Waals surface area contributed by atoms with Gasteiger partial charge in [0.05, 0.1) is 0 Å². The van der Waals surface area contributed by atoms with Crippen molar-refractivity contribution in [2.24, 2.45) is 0 Å².